The van der Waals surface area contributed by atoms with Crippen LogP contribution in [0.15, 0.2) is 66.7 Å². The maximum absolute atomic E-state index is 11.1. The highest BCUT2D eigenvalue weighted by Crippen LogP contribution is 2.43. The van der Waals surface area contributed by atoms with Crippen LogP contribution in [0.4, 0.5) is 5.69 Å². The van der Waals surface area contributed by atoms with Crippen LogP contribution in [0.25, 0.3) is 0 Å². The average Bonchev–Trinajstić information content (AvgIpc) is 2.66. The second-order valence-corrected chi connectivity index (χ2v) is 7.08. The van der Waals surface area contributed by atoms with Crippen molar-refractivity contribution in [2.75, 3.05) is 0 Å². The fourth-order valence-electron chi connectivity index (χ4n) is 2.99. The number of hydrogen-bond donors (Lipinski definition) is 0. The number of hydrogen-bond acceptors (Lipinski definition) is 3. The van der Waals surface area contributed by atoms with Gasteiger partial charge in [0.1, 0.15) is 5.41 Å². The topological polar surface area (TPSA) is 66.9 Å². The summed E-state index contributed by atoms with van der Waals surface area (Å²) in [5.41, 5.74) is 0.256. The highest BCUT2D eigenvalue weighted by Gasteiger charge is 2.39. The van der Waals surface area contributed by atoms with Gasteiger partial charge in [-0.2, -0.15) is 5.26 Å². The van der Waals surface area contributed by atoms with Gasteiger partial charge in [-0.15, -0.1) is 0 Å². The first-order valence-corrected chi connectivity index (χ1v) is 8.89. The van der Waals surface area contributed by atoms with E-state index < -0.39 is 10.3 Å². The summed E-state index contributed by atoms with van der Waals surface area (Å²) in [6, 6.07) is 20.1. The number of rotatable bonds is 4. The molecule has 0 aliphatic rings. The molecular weight excluding hydrogens is 407 g/mol. The van der Waals surface area contributed by atoms with Gasteiger partial charge in [0.25, 0.3) is 5.69 Å². The van der Waals surface area contributed by atoms with Crippen molar-refractivity contribution in [2.45, 2.75) is 5.41 Å². The lowest BCUT2D eigenvalue weighted by Gasteiger charge is -2.29. The van der Waals surface area contributed by atoms with Crippen molar-refractivity contribution in [3.05, 3.63) is 109 Å². The standard InChI is InChI=1S/C20H11Cl3N2O2/c21-15-5-1-13(2-6-15)20(12-24,14-3-7-16(22)8-4-14)18-10-9-17(25(26)27)11-19(18)23/h1-11H. The fourth-order valence-corrected chi connectivity index (χ4v) is 3.56. The number of halogens is 3. The molecule has 0 amide bonds. The molecule has 27 heavy (non-hydrogen) atoms. The SMILES string of the molecule is N#CC(c1ccc(Cl)cc1)(c1ccc(Cl)cc1)c1ccc([N+](=O)[O-])cc1Cl. The van der Waals surface area contributed by atoms with Crippen LogP contribution in [0.3, 0.4) is 0 Å². The Balaban J connectivity index is 2.34. The van der Waals surface area contributed by atoms with Crippen LogP contribution in [0.1, 0.15) is 16.7 Å². The lowest BCUT2D eigenvalue weighted by atomic mass is 9.70. The van der Waals surface area contributed by atoms with Gasteiger partial charge in [0.15, 0.2) is 0 Å². The normalized spacial score (nSPS) is 11.0. The summed E-state index contributed by atoms with van der Waals surface area (Å²) in [6.07, 6.45) is 0. The van der Waals surface area contributed by atoms with Gasteiger partial charge < -0.3 is 0 Å². The summed E-state index contributed by atoms with van der Waals surface area (Å²) in [4.78, 5) is 10.5. The summed E-state index contributed by atoms with van der Waals surface area (Å²) in [5, 5.41) is 22.5. The molecule has 3 aromatic carbocycles. The molecule has 7 heteroatoms. The monoisotopic (exact) mass is 416 g/mol. The number of nitro groups is 1. The van der Waals surface area contributed by atoms with E-state index in [1.165, 1.54) is 18.2 Å². The van der Waals surface area contributed by atoms with Gasteiger partial charge in [-0.3, -0.25) is 10.1 Å². The molecular formula is C20H11Cl3N2O2. The summed E-state index contributed by atoms with van der Waals surface area (Å²) in [6.45, 7) is 0. The molecule has 0 unspecified atom stereocenters. The zero-order valence-corrected chi connectivity index (χ0v) is 16.0. The molecule has 0 N–H and O–H groups in total. The highest BCUT2D eigenvalue weighted by atomic mass is 35.5. The van der Waals surface area contributed by atoms with Gasteiger partial charge in [-0.25, -0.2) is 0 Å². The average molecular weight is 418 g/mol. The van der Waals surface area contributed by atoms with Crippen molar-refractivity contribution >= 4 is 40.5 Å². The number of non-ortho nitro benzene ring substituents is 1. The maximum atomic E-state index is 11.1. The summed E-state index contributed by atoms with van der Waals surface area (Å²) < 4.78 is 0. The third-order valence-corrected chi connectivity index (χ3v) is 5.11. The maximum Gasteiger partial charge on any atom is 0.270 e. The fraction of sp³-hybridized carbons (Fsp3) is 0.0500. The molecule has 0 spiro atoms. The molecule has 0 fully saturated rings. The number of nitro benzene ring substituents is 1. The molecule has 3 aromatic rings. The van der Waals surface area contributed by atoms with Crippen LogP contribution >= 0.6 is 34.8 Å². The zero-order chi connectivity index (χ0) is 19.6. The van der Waals surface area contributed by atoms with E-state index in [0.717, 1.165) is 0 Å². The smallest absolute Gasteiger partial charge is 0.258 e. The van der Waals surface area contributed by atoms with Crippen molar-refractivity contribution in [3.8, 4) is 6.07 Å². The van der Waals surface area contributed by atoms with Gasteiger partial charge in [0.05, 0.1) is 16.0 Å². The van der Waals surface area contributed by atoms with E-state index in [2.05, 4.69) is 6.07 Å². The van der Waals surface area contributed by atoms with E-state index in [0.29, 0.717) is 26.7 Å². The quantitative estimate of drug-likeness (QED) is 0.280. The molecule has 0 aromatic heterocycles. The van der Waals surface area contributed by atoms with Crippen molar-refractivity contribution in [2.24, 2.45) is 0 Å². The minimum absolute atomic E-state index is 0.121. The Hall–Kier alpha value is -2.58. The van der Waals surface area contributed by atoms with E-state index in [1.807, 2.05) is 0 Å². The van der Waals surface area contributed by atoms with Crippen LogP contribution in [0.2, 0.25) is 15.1 Å². The Morgan fingerprint density at radius 2 is 1.33 bits per heavy atom. The number of nitrogens with zero attached hydrogens (tertiary/aromatic N) is 2. The molecule has 0 atom stereocenters. The molecule has 0 heterocycles. The van der Waals surface area contributed by atoms with Gasteiger partial charge in [0, 0.05) is 27.7 Å². The lowest BCUT2D eigenvalue weighted by molar-refractivity contribution is -0.384. The second-order valence-electron chi connectivity index (χ2n) is 5.80. The van der Waals surface area contributed by atoms with Crippen molar-refractivity contribution in [1.29, 1.82) is 5.26 Å². The molecule has 0 aliphatic heterocycles. The second kappa shape index (κ2) is 7.58. The highest BCUT2D eigenvalue weighted by molar-refractivity contribution is 6.32. The van der Waals surface area contributed by atoms with Gasteiger partial charge in [-0.05, 0) is 41.5 Å². The van der Waals surface area contributed by atoms with E-state index in [9.17, 15) is 15.4 Å². The summed E-state index contributed by atoms with van der Waals surface area (Å²) in [5.74, 6) is 0. The van der Waals surface area contributed by atoms with Gasteiger partial charge in [-0.1, -0.05) is 59.1 Å². The van der Waals surface area contributed by atoms with Crippen LogP contribution in [-0.4, -0.2) is 4.92 Å². The zero-order valence-electron chi connectivity index (χ0n) is 13.7. The number of benzene rings is 3. The molecule has 3 rings (SSSR count). The van der Waals surface area contributed by atoms with Crippen LogP contribution in [-0.2, 0) is 5.41 Å². The van der Waals surface area contributed by atoms with E-state index >= 15 is 0 Å². The van der Waals surface area contributed by atoms with E-state index in [1.54, 1.807) is 48.5 Å². The van der Waals surface area contributed by atoms with Gasteiger partial charge >= 0.3 is 0 Å². The summed E-state index contributed by atoms with van der Waals surface area (Å²) in [7, 11) is 0. The molecule has 134 valence electrons. The first-order valence-electron chi connectivity index (χ1n) is 7.76. The predicted octanol–water partition coefficient (Wildman–Crippen LogP) is 6.41. The van der Waals surface area contributed by atoms with Crippen LogP contribution < -0.4 is 0 Å². The minimum atomic E-state index is -1.29. The molecule has 0 aliphatic carbocycles. The van der Waals surface area contributed by atoms with Crippen molar-refractivity contribution in [3.63, 3.8) is 0 Å². The largest absolute Gasteiger partial charge is 0.270 e. The first-order chi connectivity index (χ1) is 12.9. The van der Waals surface area contributed by atoms with E-state index in [4.69, 9.17) is 34.8 Å². The van der Waals surface area contributed by atoms with Crippen molar-refractivity contribution < 1.29 is 4.92 Å². The Labute approximate surface area is 170 Å². The van der Waals surface area contributed by atoms with E-state index in [-0.39, 0.29) is 10.7 Å². The first kappa shape index (κ1) is 19.2. The molecule has 0 saturated carbocycles. The third-order valence-electron chi connectivity index (χ3n) is 4.29. The Kier molecular flexibility index (Phi) is 5.38. The number of nitriles is 1. The van der Waals surface area contributed by atoms with Crippen molar-refractivity contribution in [1.82, 2.24) is 0 Å². The lowest BCUT2D eigenvalue weighted by Crippen LogP contribution is -2.28. The Morgan fingerprint density at radius 3 is 1.70 bits per heavy atom. The Morgan fingerprint density at radius 1 is 0.852 bits per heavy atom. The Bertz CT molecular complexity index is 997. The molecule has 0 saturated heterocycles. The predicted molar refractivity (Wildman–Crippen MR) is 107 cm³/mol. The van der Waals surface area contributed by atoms with Crippen LogP contribution in [0, 0.1) is 21.4 Å². The third kappa shape index (κ3) is 3.50. The molecule has 4 nitrogen and oxygen atoms in total. The van der Waals surface area contributed by atoms with Gasteiger partial charge in [0.2, 0.25) is 0 Å². The molecule has 0 bridgehead atoms. The minimum Gasteiger partial charge on any atom is -0.258 e. The van der Waals surface area contributed by atoms with Crippen LogP contribution in [0.5, 0.6) is 0 Å². The molecule has 0 radical (unpaired) electrons. The summed E-state index contributed by atoms with van der Waals surface area (Å²) >= 11 is 18.4.